The molecule has 0 spiro atoms. The lowest BCUT2D eigenvalue weighted by atomic mass is 10.2. The summed E-state index contributed by atoms with van der Waals surface area (Å²) in [5, 5.41) is 9.77. The van der Waals surface area contributed by atoms with Gasteiger partial charge in [-0.25, -0.2) is 0 Å². The number of hydrogen-bond donors (Lipinski definition) is 1. The lowest BCUT2D eigenvalue weighted by Crippen LogP contribution is -2.54. The molecule has 0 fully saturated rings. The van der Waals surface area contributed by atoms with Gasteiger partial charge in [0.2, 0.25) is 0 Å². The fourth-order valence-electron chi connectivity index (χ4n) is 2.53. The van der Waals surface area contributed by atoms with E-state index in [9.17, 15) is 9.90 Å². The smallest absolute Gasteiger partial charge is 0.420 e. The van der Waals surface area contributed by atoms with Crippen LogP contribution in [-0.2, 0) is 11.2 Å². The van der Waals surface area contributed by atoms with Crippen molar-refractivity contribution in [1.29, 1.82) is 0 Å². The Kier molecular flexibility index (Phi) is 4.32. The van der Waals surface area contributed by atoms with Crippen LogP contribution in [0.25, 0.3) is 0 Å². The molecule has 0 saturated heterocycles. The van der Waals surface area contributed by atoms with Crippen molar-refractivity contribution in [2.24, 2.45) is 0 Å². The monoisotopic (exact) mass is 294 g/mol. The number of benzene rings is 1. The maximum Gasteiger partial charge on any atom is 0.523 e. The molecule has 2 rings (SSSR count). The van der Waals surface area contributed by atoms with Crippen molar-refractivity contribution < 1.29 is 14.6 Å². The predicted octanol–water partition coefficient (Wildman–Crippen LogP) is 2.97. The largest absolute Gasteiger partial charge is 0.523 e. The molecule has 1 unspecified atom stereocenters. The Morgan fingerprint density at radius 1 is 1.35 bits per heavy atom. The summed E-state index contributed by atoms with van der Waals surface area (Å²) in [4.78, 5) is 12.5. The highest BCUT2D eigenvalue weighted by Gasteiger charge is 2.46. The highest BCUT2D eigenvalue weighted by molar-refractivity contribution is 6.76. The van der Waals surface area contributed by atoms with Gasteiger partial charge in [0, 0.05) is 26.1 Å². The number of para-hydroxylation sites is 1. The van der Waals surface area contributed by atoms with Crippen LogP contribution in [0.15, 0.2) is 24.3 Å². The van der Waals surface area contributed by atoms with E-state index in [1.165, 1.54) is 0 Å². The van der Waals surface area contributed by atoms with Crippen LogP contribution in [-0.4, -0.2) is 39.2 Å². The van der Waals surface area contributed by atoms with Gasteiger partial charge in [0.05, 0.1) is 6.61 Å². The third-order valence-electron chi connectivity index (χ3n) is 3.88. The van der Waals surface area contributed by atoms with Gasteiger partial charge in [-0.15, -0.1) is 0 Å². The van der Waals surface area contributed by atoms with Crippen molar-refractivity contribution in [3.8, 4) is 0 Å². The summed E-state index contributed by atoms with van der Waals surface area (Å²) in [5.74, 6) is 0. The van der Waals surface area contributed by atoms with Gasteiger partial charge in [-0.2, -0.15) is 9.28 Å². The number of hydrogen-bond acceptors (Lipinski definition) is 3. The molecule has 0 aromatic heterocycles. The summed E-state index contributed by atoms with van der Waals surface area (Å²) in [7, 11) is -1.22. The number of fused-ring (bicyclic) bond motifs is 1. The van der Waals surface area contributed by atoms with E-state index >= 15 is 0 Å². The zero-order chi connectivity index (χ0) is 14.8. The molecule has 1 aliphatic heterocycles. The number of carbonyl (C=O) groups is 1. The van der Waals surface area contributed by atoms with E-state index < -0.39 is 8.07 Å². The van der Waals surface area contributed by atoms with Crippen molar-refractivity contribution in [1.82, 2.24) is 4.48 Å². The third-order valence-corrected chi connectivity index (χ3v) is 5.59. The highest BCUT2D eigenvalue weighted by Crippen LogP contribution is 2.35. The van der Waals surface area contributed by atoms with Crippen molar-refractivity contribution in [2.75, 3.05) is 19.9 Å². The SMILES string of the molecule is C[Si](C)(C)CCOC(=O)[N+]1(CO)CCc2ccccc21. The van der Waals surface area contributed by atoms with Crippen molar-refractivity contribution in [2.45, 2.75) is 32.1 Å². The second kappa shape index (κ2) is 5.67. The molecule has 4 nitrogen and oxygen atoms in total. The Bertz CT molecular complexity index is 498. The molecule has 1 amide bonds. The van der Waals surface area contributed by atoms with Crippen LogP contribution < -0.4 is 4.48 Å². The number of amides is 1. The third kappa shape index (κ3) is 2.95. The van der Waals surface area contributed by atoms with Crippen LogP contribution in [0.2, 0.25) is 25.7 Å². The quantitative estimate of drug-likeness (QED) is 0.686. The molecule has 0 aliphatic carbocycles. The fourth-order valence-corrected chi connectivity index (χ4v) is 3.25. The minimum absolute atomic E-state index is 0.0815. The van der Waals surface area contributed by atoms with Crippen molar-refractivity contribution >= 4 is 19.9 Å². The summed E-state index contributed by atoms with van der Waals surface area (Å²) < 4.78 is 5.38. The van der Waals surface area contributed by atoms with Gasteiger partial charge in [0.15, 0.2) is 6.73 Å². The minimum Gasteiger partial charge on any atom is -0.420 e. The molecule has 20 heavy (non-hydrogen) atoms. The molecule has 1 N–H and O–H groups in total. The Hall–Kier alpha value is -1.17. The van der Waals surface area contributed by atoms with Gasteiger partial charge in [0.25, 0.3) is 0 Å². The first-order chi connectivity index (χ1) is 9.39. The van der Waals surface area contributed by atoms with E-state index in [2.05, 4.69) is 19.6 Å². The number of aliphatic hydroxyl groups excluding tert-OH is 1. The number of carbonyl (C=O) groups excluding carboxylic acids is 1. The van der Waals surface area contributed by atoms with Crippen molar-refractivity contribution in [3.63, 3.8) is 0 Å². The molecule has 1 aromatic rings. The van der Waals surface area contributed by atoms with Crippen LogP contribution in [0.4, 0.5) is 10.5 Å². The van der Waals surface area contributed by atoms with Gasteiger partial charge in [0.1, 0.15) is 12.2 Å². The van der Waals surface area contributed by atoms with Gasteiger partial charge in [-0.05, 0) is 6.04 Å². The number of ether oxygens (including phenoxy) is 1. The molecule has 1 aromatic carbocycles. The van der Waals surface area contributed by atoms with Crippen LogP contribution in [0, 0.1) is 0 Å². The standard InChI is InChI=1S/C15H24NO3Si/c1-20(2,3)11-10-19-15(18)16(12-17)9-8-13-6-4-5-7-14(13)16/h4-7,17H,8-12H2,1-3H3/q+1. The van der Waals surface area contributed by atoms with Crippen LogP contribution in [0.3, 0.4) is 0 Å². The van der Waals surface area contributed by atoms with E-state index in [1.54, 1.807) is 0 Å². The number of aliphatic hydroxyl groups is 1. The van der Waals surface area contributed by atoms with Crippen LogP contribution in [0.5, 0.6) is 0 Å². The second-order valence-electron chi connectivity index (χ2n) is 6.64. The molecular formula is C15H24NO3Si+. The predicted molar refractivity (Wildman–Crippen MR) is 83.4 cm³/mol. The molecule has 0 saturated carbocycles. The van der Waals surface area contributed by atoms with E-state index in [0.29, 0.717) is 13.2 Å². The first kappa shape index (κ1) is 15.2. The Balaban J connectivity index is 2.11. The molecule has 1 atom stereocenters. The van der Waals surface area contributed by atoms with E-state index in [4.69, 9.17) is 4.74 Å². The molecule has 1 aliphatic rings. The van der Waals surface area contributed by atoms with Crippen LogP contribution in [0.1, 0.15) is 5.56 Å². The number of nitrogens with zero attached hydrogens (tertiary/aromatic N) is 1. The number of quaternary nitrogens is 1. The molecular weight excluding hydrogens is 270 g/mol. The summed E-state index contributed by atoms with van der Waals surface area (Å²) in [6, 6.07) is 8.75. The molecule has 1 heterocycles. The maximum atomic E-state index is 12.5. The molecule has 110 valence electrons. The second-order valence-corrected chi connectivity index (χ2v) is 12.3. The van der Waals surface area contributed by atoms with E-state index in [0.717, 1.165) is 23.7 Å². The maximum absolute atomic E-state index is 12.5. The Morgan fingerprint density at radius 3 is 2.70 bits per heavy atom. The average Bonchev–Trinajstić information content (AvgIpc) is 2.77. The Labute approximate surface area is 121 Å². The van der Waals surface area contributed by atoms with Gasteiger partial charge >= 0.3 is 6.09 Å². The minimum atomic E-state index is -1.22. The van der Waals surface area contributed by atoms with E-state index in [1.807, 2.05) is 24.3 Å². The lowest BCUT2D eigenvalue weighted by molar-refractivity contribution is 0.0724. The average molecular weight is 294 g/mol. The molecule has 0 radical (unpaired) electrons. The van der Waals surface area contributed by atoms with Gasteiger partial charge in [-0.1, -0.05) is 37.8 Å². The number of rotatable bonds is 4. The highest BCUT2D eigenvalue weighted by atomic mass is 28.3. The normalized spacial score (nSPS) is 21.6. The lowest BCUT2D eigenvalue weighted by Gasteiger charge is -2.28. The first-order valence-corrected chi connectivity index (χ1v) is 10.8. The summed E-state index contributed by atoms with van der Waals surface area (Å²) in [6.45, 7) is 7.56. The van der Waals surface area contributed by atoms with Gasteiger partial charge < -0.3 is 9.84 Å². The zero-order valence-electron chi connectivity index (χ0n) is 12.6. The van der Waals surface area contributed by atoms with Crippen molar-refractivity contribution in [3.05, 3.63) is 29.8 Å². The van der Waals surface area contributed by atoms with Gasteiger partial charge in [-0.3, -0.25) is 0 Å². The first-order valence-electron chi connectivity index (χ1n) is 7.13. The fraction of sp³-hybridized carbons (Fsp3) is 0.533. The summed E-state index contributed by atoms with van der Waals surface area (Å²) in [6.07, 6.45) is 0.482. The Morgan fingerprint density at radius 2 is 2.05 bits per heavy atom. The van der Waals surface area contributed by atoms with E-state index in [-0.39, 0.29) is 17.3 Å². The zero-order valence-corrected chi connectivity index (χ0v) is 13.6. The molecule has 0 bridgehead atoms. The molecule has 5 heteroatoms. The summed E-state index contributed by atoms with van der Waals surface area (Å²) in [5.41, 5.74) is 2.01. The van der Waals surface area contributed by atoms with Crippen LogP contribution >= 0.6 is 0 Å². The topological polar surface area (TPSA) is 46.5 Å². The summed E-state index contributed by atoms with van der Waals surface area (Å²) >= 11 is 0.